The standard InChI is InChI=1S/C11H9BrFNO2/c1-2-5-14-11(15)7-16-10-4-3-8(12)6-9(10)13/h1,3-4,6H,5,7H2,(H,14,15). The first-order valence-corrected chi connectivity index (χ1v) is 5.21. The van der Waals surface area contributed by atoms with Crippen LogP contribution in [0.4, 0.5) is 4.39 Å². The van der Waals surface area contributed by atoms with Gasteiger partial charge in [0.1, 0.15) is 0 Å². The zero-order chi connectivity index (χ0) is 12.0. The van der Waals surface area contributed by atoms with Gasteiger partial charge >= 0.3 is 0 Å². The molecule has 0 fully saturated rings. The van der Waals surface area contributed by atoms with Gasteiger partial charge < -0.3 is 10.1 Å². The summed E-state index contributed by atoms with van der Waals surface area (Å²) in [5.74, 6) is 1.36. The van der Waals surface area contributed by atoms with E-state index in [2.05, 4.69) is 27.2 Å². The van der Waals surface area contributed by atoms with E-state index in [-0.39, 0.29) is 24.8 Å². The number of benzene rings is 1. The quantitative estimate of drug-likeness (QED) is 0.856. The number of carbonyl (C=O) groups is 1. The van der Waals surface area contributed by atoms with Gasteiger partial charge in [-0.3, -0.25) is 4.79 Å². The van der Waals surface area contributed by atoms with Crippen molar-refractivity contribution in [1.82, 2.24) is 5.32 Å². The Balaban J connectivity index is 2.49. The lowest BCUT2D eigenvalue weighted by molar-refractivity contribution is -0.122. The van der Waals surface area contributed by atoms with Crippen LogP contribution in [-0.2, 0) is 4.79 Å². The molecule has 0 atom stereocenters. The van der Waals surface area contributed by atoms with Crippen LogP contribution >= 0.6 is 15.9 Å². The van der Waals surface area contributed by atoms with E-state index in [0.29, 0.717) is 4.47 Å². The second-order valence-corrected chi connectivity index (χ2v) is 3.76. The number of amides is 1. The Hall–Kier alpha value is -1.54. The highest BCUT2D eigenvalue weighted by Crippen LogP contribution is 2.21. The van der Waals surface area contributed by atoms with Crippen LogP contribution in [0.15, 0.2) is 22.7 Å². The van der Waals surface area contributed by atoms with Gasteiger partial charge in [-0.05, 0) is 18.2 Å². The predicted molar refractivity (Wildman–Crippen MR) is 61.4 cm³/mol. The molecule has 3 nitrogen and oxygen atoms in total. The average Bonchev–Trinajstić information content (AvgIpc) is 2.25. The molecular weight excluding hydrogens is 277 g/mol. The summed E-state index contributed by atoms with van der Waals surface area (Å²) in [4.78, 5) is 11.1. The molecule has 0 saturated heterocycles. The molecule has 1 aromatic rings. The zero-order valence-electron chi connectivity index (χ0n) is 8.30. The van der Waals surface area contributed by atoms with E-state index >= 15 is 0 Å². The first kappa shape index (κ1) is 12.5. The van der Waals surface area contributed by atoms with Gasteiger partial charge in [-0.1, -0.05) is 21.9 Å². The van der Waals surface area contributed by atoms with E-state index in [0.717, 1.165) is 0 Å². The Labute approximate surface area is 101 Å². The number of rotatable bonds is 4. The monoisotopic (exact) mass is 285 g/mol. The lowest BCUT2D eigenvalue weighted by atomic mass is 10.3. The molecule has 1 amide bonds. The first-order chi connectivity index (χ1) is 7.63. The van der Waals surface area contributed by atoms with Crippen LogP contribution in [0.2, 0.25) is 0 Å². The van der Waals surface area contributed by atoms with Crippen LogP contribution in [0.3, 0.4) is 0 Å². The second-order valence-electron chi connectivity index (χ2n) is 2.84. The molecule has 0 aliphatic carbocycles. The van der Waals surface area contributed by atoms with Crippen molar-refractivity contribution in [3.05, 3.63) is 28.5 Å². The molecule has 0 aliphatic heterocycles. The van der Waals surface area contributed by atoms with Crippen molar-refractivity contribution in [2.75, 3.05) is 13.2 Å². The van der Waals surface area contributed by atoms with Crippen molar-refractivity contribution in [2.24, 2.45) is 0 Å². The fraction of sp³-hybridized carbons (Fsp3) is 0.182. The van der Waals surface area contributed by atoms with Crippen molar-refractivity contribution in [1.29, 1.82) is 0 Å². The molecule has 5 heteroatoms. The van der Waals surface area contributed by atoms with Gasteiger partial charge in [-0.2, -0.15) is 0 Å². The van der Waals surface area contributed by atoms with E-state index in [4.69, 9.17) is 11.2 Å². The molecule has 84 valence electrons. The maximum Gasteiger partial charge on any atom is 0.258 e. The molecular formula is C11H9BrFNO2. The Kier molecular flexibility index (Phi) is 4.80. The van der Waals surface area contributed by atoms with Gasteiger partial charge in [0.2, 0.25) is 0 Å². The highest BCUT2D eigenvalue weighted by Gasteiger charge is 2.06. The Morgan fingerprint density at radius 1 is 1.62 bits per heavy atom. The van der Waals surface area contributed by atoms with Crippen LogP contribution < -0.4 is 10.1 Å². The number of carbonyl (C=O) groups excluding carboxylic acids is 1. The average molecular weight is 286 g/mol. The molecule has 0 aliphatic rings. The highest BCUT2D eigenvalue weighted by molar-refractivity contribution is 9.10. The highest BCUT2D eigenvalue weighted by atomic mass is 79.9. The summed E-state index contributed by atoms with van der Waals surface area (Å²) in [7, 11) is 0. The Morgan fingerprint density at radius 2 is 2.38 bits per heavy atom. The summed E-state index contributed by atoms with van der Waals surface area (Å²) in [5.41, 5.74) is 0. The van der Waals surface area contributed by atoms with Gasteiger partial charge in [0, 0.05) is 4.47 Å². The maximum atomic E-state index is 13.2. The van der Waals surface area contributed by atoms with Crippen molar-refractivity contribution in [3.8, 4) is 18.1 Å². The number of hydrogen-bond donors (Lipinski definition) is 1. The van der Waals surface area contributed by atoms with E-state index in [1.807, 2.05) is 0 Å². The third-order valence-corrected chi connectivity index (χ3v) is 2.13. The van der Waals surface area contributed by atoms with E-state index < -0.39 is 5.82 Å². The van der Waals surface area contributed by atoms with E-state index in [1.54, 1.807) is 6.07 Å². The summed E-state index contributed by atoms with van der Waals surface area (Å²) in [6.07, 6.45) is 4.95. The Morgan fingerprint density at radius 3 is 3.00 bits per heavy atom. The smallest absolute Gasteiger partial charge is 0.258 e. The molecule has 0 heterocycles. The maximum absolute atomic E-state index is 13.2. The summed E-state index contributed by atoms with van der Waals surface area (Å²) in [6, 6.07) is 4.32. The lowest BCUT2D eigenvalue weighted by Crippen LogP contribution is -2.29. The molecule has 0 unspecified atom stereocenters. The van der Waals surface area contributed by atoms with Crippen LogP contribution in [-0.4, -0.2) is 19.1 Å². The minimum Gasteiger partial charge on any atom is -0.481 e. The van der Waals surface area contributed by atoms with E-state index in [9.17, 15) is 9.18 Å². The van der Waals surface area contributed by atoms with Gasteiger partial charge in [-0.15, -0.1) is 6.42 Å². The van der Waals surface area contributed by atoms with Gasteiger partial charge in [0.15, 0.2) is 18.2 Å². The summed E-state index contributed by atoms with van der Waals surface area (Å²) >= 11 is 3.11. The largest absolute Gasteiger partial charge is 0.481 e. The molecule has 0 bridgehead atoms. The zero-order valence-corrected chi connectivity index (χ0v) is 9.88. The fourth-order valence-electron chi connectivity index (χ4n) is 0.936. The molecule has 0 saturated carbocycles. The third kappa shape index (κ3) is 3.91. The Bertz CT molecular complexity index is 428. The molecule has 0 aromatic heterocycles. The normalized spacial score (nSPS) is 9.31. The number of hydrogen-bond acceptors (Lipinski definition) is 2. The van der Waals surface area contributed by atoms with Crippen LogP contribution in [0.1, 0.15) is 0 Å². The van der Waals surface area contributed by atoms with Crippen molar-refractivity contribution >= 4 is 21.8 Å². The summed E-state index contributed by atoms with van der Waals surface area (Å²) < 4.78 is 18.8. The van der Waals surface area contributed by atoms with Gasteiger partial charge in [0.25, 0.3) is 5.91 Å². The van der Waals surface area contributed by atoms with Crippen molar-refractivity contribution in [3.63, 3.8) is 0 Å². The third-order valence-electron chi connectivity index (χ3n) is 1.64. The van der Waals surface area contributed by atoms with Crippen LogP contribution in [0.5, 0.6) is 5.75 Å². The number of terminal acetylenes is 1. The lowest BCUT2D eigenvalue weighted by Gasteiger charge is -2.06. The molecule has 1 rings (SSSR count). The second kappa shape index (κ2) is 6.13. The van der Waals surface area contributed by atoms with Crippen LogP contribution in [0, 0.1) is 18.2 Å². The SMILES string of the molecule is C#CCNC(=O)COc1ccc(Br)cc1F. The molecule has 0 radical (unpaired) electrons. The topological polar surface area (TPSA) is 38.3 Å². The van der Waals surface area contributed by atoms with Gasteiger partial charge in [0.05, 0.1) is 6.54 Å². The number of halogens is 2. The summed E-state index contributed by atoms with van der Waals surface area (Å²) in [6.45, 7) is -0.134. The predicted octanol–water partition coefficient (Wildman–Crippen LogP) is 1.72. The first-order valence-electron chi connectivity index (χ1n) is 4.41. The molecule has 16 heavy (non-hydrogen) atoms. The summed E-state index contributed by atoms with van der Waals surface area (Å²) in [5, 5.41) is 2.40. The molecule has 0 spiro atoms. The molecule has 1 N–H and O–H groups in total. The fourth-order valence-corrected chi connectivity index (χ4v) is 1.27. The van der Waals surface area contributed by atoms with E-state index in [1.165, 1.54) is 12.1 Å². The van der Waals surface area contributed by atoms with Crippen LogP contribution in [0.25, 0.3) is 0 Å². The number of ether oxygens (including phenoxy) is 1. The minimum atomic E-state index is -0.529. The van der Waals surface area contributed by atoms with Crippen molar-refractivity contribution < 1.29 is 13.9 Å². The number of nitrogens with one attached hydrogen (secondary N) is 1. The van der Waals surface area contributed by atoms with Gasteiger partial charge in [-0.25, -0.2) is 4.39 Å². The van der Waals surface area contributed by atoms with Crippen molar-refractivity contribution in [2.45, 2.75) is 0 Å². The molecule has 1 aromatic carbocycles. The minimum absolute atomic E-state index is 0.0269.